The summed E-state index contributed by atoms with van der Waals surface area (Å²) in [5.74, 6) is 10.1. The normalized spacial score (nSPS) is 61.0. The van der Waals surface area contributed by atoms with Crippen LogP contribution >= 0.6 is 0 Å². The standard InChI is InChI=1S/C14H16.C7H8/c1-2-8-5-7(1)11-12(8)14-10-4-3-9(6-10)13(11)14;1-2-7-4-3-6(1)5-7/h1-4,7-14H,5-6H2;1-4,6-7H,5H2. The second kappa shape index (κ2) is 3.83. The Morgan fingerprint density at radius 2 is 0.714 bits per heavy atom. The molecule has 3 saturated carbocycles. The fourth-order valence-electron chi connectivity index (χ4n) is 7.15. The van der Waals surface area contributed by atoms with Gasteiger partial charge in [-0.2, -0.15) is 0 Å². The summed E-state index contributed by atoms with van der Waals surface area (Å²) < 4.78 is 0. The molecule has 0 unspecified atom stereocenters. The first-order chi connectivity index (χ1) is 10.4. The van der Waals surface area contributed by atoms with Crippen molar-refractivity contribution in [2.24, 2.45) is 59.2 Å². The Labute approximate surface area is 127 Å². The highest BCUT2D eigenvalue weighted by Gasteiger charge is 2.67. The Hall–Kier alpha value is -1.04. The second-order valence-electron chi connectivity index (χ2n) is 8.54. The minimum absolute atomic E-state index is 0.810. The molecular weight excluding hydrogens is 252 g/mol. The summed E-state index contributed by atoms with van der Waals surface area (Å²) in [4.78, 5) is 0. The van der Waals surface area contributed by atoms with Crippen LogP contribution in [-0.2, 0) is 0 Å². The van der Waals surface area contributed by atoms with E-state index in [2.05, 4.69) is 48.6 Å². The summed E-state index contributed by atoms with van der Waals surface area (Å²) in [6.45, 7) is 0. The SMILES string of the molecule is C1=CC2C=CC1C2.C1=CC2CC1C1C2C2C3C=CC(C3)C12. The molecule has 0 saturated heterocycles. The Bertz CT molecular complexity index is 487. The topological polar surface area (TPSA) is 0 Å². The zero-order valence-electron chi connectivity index (χ0n) is 12.5. The molecule has 7 aliphatic carbocycles. The molecule has 0 spiro atoms. The van der Waals surface area contributed by atoms with Crippen molar-refractivity contribution in [1.29, 1.82) is 0 Å². The quantitative estimate of drug-likeness (QED) is 0.566. The van der Waals surface area contributed by atoms with E-state index < -0.39 is 0 Å². The predicted octanol–water partition coefficient (Wildman–Crippen LogP) is 4.63. The Balaban J connectivity index is 0.000000117. The van der Waals surface area contributed by atoms with Crippen molar-refractivity contribution >= 4 is 0 Å². The van der Waals surface area contributed by atoms with Crippen molar-refractivity contribution < 1.29 is 0 Å². The van der Waals surface area contributed by atoms with Crippen LogP contribution in [-0.4, -0.2) is 0 Å². The summed E-state index contributed by atoms with van der Waals surface area (Å²) in [5.41, 5.74) is 0. The first-order valence-corrected chi connectivity index (χ1v) is 9.12. The number of hydrogen-bond donors (Lipinski definition) is 0. The summed E-state index contributed by atoms with van der Waals surface area (Å²) in [7, 11) is 0. The van der Waals surface area contributed by atoms with E-state index in [1.807, 2.05) is 0 Å². The zero-order valence-corrected chi connectivity index (χ0v) is 12.5. The van der Waals surface area contributed by atoms with Gasteiger partial charge in [0.05, 0.1) is 0 Å². The van der Waals surface area contributed by atoms with Crippen LogP contribution in [0.4, 0.5) is 0 Å². The number of rotatable bonds is 0. The number of hydrogen-bond acceptors (Lipinski definition) is 0. The van der Waals surface area contributed by atoms with Crippen LogP contribution in [0.25, 0.3) is 0 Å². The lowest BCUT2D eigenvalue weighted by molar-refractivity contribution is -0.0372. The van der Waals surface area contributed by atoms with Gasteiger partial charge in [0.1, 0.15) is 0 Å². The van der Waals surface area contributed by atoms with Gasteiger partial charge in [0.2, 0.25) is 0 Å². The molecule has 0 N–H and O–H groups in total. The minimum atomic E-state index is 0.810. The van der Waals surface area contributed by atoms with Gasteiger partial charge in [0, 0.05) is 0 Å². The Kier molecular flexibility index (Phi) is 2.10. The molecule has 0 aromatic rings. The van der Waals surface area contributed by atoms with E-state index in [0.717, 1.165) is 59.2 Å². The molecule has 0 aromatic carbocycles. The molecule has 0 atom stereocenters. The zero-order chi connectivity index (χ0) is 13.6. The largest absolute Gasteiger partial charge is 0.0848 e. The van der Waals surface area contributed by atoms with E-state index >= 15 is 0 Å². The smallest absolute Gasteiger partial charge is 0.00445 e. The molecule has 0 heteroatoms. The van der Waals surface area contributed by atoms with E-state index in [0.29, 0.717) is 0 Å². The van der Waals surface area contributed by atoms with Crippen molar-refractivity contribution in [2.45, 2.75) is 19.3 Å². The van der Waals surface area contributed by atoms with E-state index in [1.165, 1.54) is 19.3 Å². The minimum Gasteiger partial charge on any atom is -0.0848 e. The Morgan fingerprint density at radius 3 is 0.952 bits per heavy atom. The summed E-state index contributed by atoms with van der Waals surface area (Å²) in [6.07, 6.45) is 23.7. The monoisotopic (exact) mass is 276 g/mol. The molecule has 6 bridgehead atoms. The Morgan fingerprint density at radius 1 is 0.381 bits per heavy atom. The van der Waals surface area contributed by atoms with Crippen LogP contribution in [0, 0.1) is 59.2 Å². The summed E-state index contributed by atoms with van der Waals surface area (Å²) in [5, 5.41) is 0. The second-order valence-corrected chi connectivity index (χ2v) is 8.54. The predicted molar refractivity (Wildman–Crippen MR) is 85.3 cm³/mol. The van der Waals surface area contributed by atoms with E-state index in [1.54, 1.807) is 0 Å². The third-order valence-corrected chi connectivity index (χ3v) is 7.81. The molecule has 108 valence electrons. The third kappa shape index (κ3) is 1.38. The molecule has 0 amide bonds. The highest BCUT2D eigenvalue weighted by molar-refractivity contribution is 5.29. The highest BCUT2D eigenvalue weighted by atomic mass is 14.7. The summed E-state index contributed by atoms with van der Waals surface area (Å²) >= 11 is 0. The van der Waals surface area contributed by atoms with E-state index in [9.17, 15) is 0 Å². The van der Waals surface area contributed by atoms with Crippen molar-refractivity contribution in [2.75, 3.05) is 0 Å². The first kappa shape index (κ1) is 11.5. The van der Waals surface area contributed by atoms with Gasteiger partial charge >= 0.3 is 0 Å². The fraction of sp³-hybridized carbons (Fsp3) is 0.619. The molecule has 0 radical (unpaired) electrons. The van der Waals surface area contributed by atoms with Crippen molar-refractivity contribution in [3.63, 3.8) is 0 Å². The molecule has 21 heavy (non-hydrogen) atoms. The van der Waals surface area contributed by atoms with Crippen LogP contribution < -0.4 is 0 Å². The average Bonchev–Trinajstić information content (AvgIpc) is 3.28. The van der Waals surface area contributed by atoms with Crippen LogP contribution in [0.3, 0.4) is 0 Å². The molecular formula is C21H24. The van der Waals surface area contributed by atoms with Gasteiger partial charge in [0.25, 0.3) is 0 Å². The summed E-state index contributed by atoms with van der Waals surface area (Å²) in [6, 6.07) is 0. The molecule has 3 fully saturated rings. The first-order valence-electron chi connectivity index (χ1n) is 9.12. The van der Waals surface area contributed by atoms with Gasteiger partial charge in [-0.05, 0) is 78.4 Å². The molecule has 0 heterocycles. The van der Waals surface area contributed by atoms with Gasteiger partial charge < -0.3 is 0 Å². The average molecular weight is 276 g/mol. The van der Waals surface area contributed by atoms with E-state index in [-0.39, 0.29) is 0 Å². The highest BCUT2D eigenvalue weighted by Crippen LogP contribution is 2.72. The maximum atomic E-state index is 2.54. The van der Waals surface area contributed by atoms with Gasteiger partial charge in [0.15, 0.2) is 0 Å². The molecule has 0 nitrogen and oxygen atoms in total. The van der Waals surface area contributed by atoms with Gasteiger partial charge in [-0.15, -0.1) is 0 Å². The van der Waals surface area contributed by atoms with Gasteiger partial charge in [-0.1, -0.05) is 48.6 Å². The van der Waals surface area contributed by atoms with Crippen LogP contribution in [0.15, 0.2) is 48.6 Å². The molecule has 0 aliphatic heterocycles. The third-order valence-electron chi connectivity index (χ3n) is 7.81. The van der Waals surface area contributed by atoms with Gasteiger partial charge in [-0.3, -0.25) is 0 Å². The lowest BCUT2D eigenvalue weighted by Gasteiger charge is -2.54. The van der Waals surface area contributed by atoms with Crippen LogP contribution in [0.1, 0.15) is 19.3 Å². The molecule has 7 rings (SSSR count). The molecule has 7 aliphatic rings. The van der Waals surface area contributed by atoms with Gasteiger partial charge in [-0.25, -0.2) is 0 Å². The maximum Gasteiger partial charge on any atom is -0.00445 e. The van der Waals surface area contributed by atoms with Crippen LogP contribution in [0.2, 0.25) is 0 Å². The van der Waals surface area contributed by atoms with Crippen molar-refractivity contribution in [3.05, 3.63) is 48.6 Å². The number of allylic oxidation sites excluding steroid dienone is 8. The molecule has 0 aromatic heterocycles. The lowest BCUT2D eigenvalue weighted by Crippen LogP contribution is -2.50. The maximum absolute atomic E-state index is 2.54. The lowest BCUT2D eigenvalue weighted by atomic mass is 9.50. The van der Waals surface area contributed by atoms with Crippen molar-refractivity contribution in [3.8, 4) is 0 Å². The van der Waals surface area contributed by atoms with E-state index in [4.69, 9.17) is 0 Å². The van der Waals surface area contributed by atoms with Crippen molar-refractivity contribution in [1.82, 2.24) is 0 Å². The van der Waals surface area contributed by atoms with Crippen LogP contribution in [0.5, 0.6) is 0 Å². The number of fused-ring (bicyclic) bond motifs is 14. The fourth-order valence-corrected chi connectivity index (χ4v) is 7.15.